The lowest BCUT2D eigenvalue weighted by Crippen LogP contribution is -2.48. The van der Waals surface area contributed by atoms with Gasteiger partial charge in [-0.1, -0.05) is 0 Å². The van der Waals surface area contributed by atoms with Crippen LogP contribution in [0.5, 0.6) is 0 Å². The van der Waals surface area contributed by atoms with Crippen LogP contribution in [-0.2, 0) is 14.3 Å². The van der Waals surface area contributed by atoms with Crippen molar-refractivity contribution in [1.82, 2.24) is 5.32 Å². The van der Waals surface area contributed by atoms with E-state index < -0.39 is 12.0 Å². The second-order valence-electron chi connectivity index (χ2n) is 3.80. The Hall–Kier alpha value is -0.650. The SMILES string of the molecule is COC(C)C(NCC1CCCO1)C(=O)O. The molecule has 0 bridgehead atoms. The fraction of sp³-hybridized carbons (Fsp3) is 0.900. The number of aliphatic carboxylic acids is 1. The molecule has 1 aliphatic rings. The van der Waals surface area contributed by atoms with Crippen molar-refractivity contribution in [3.05, 3.63) is 0 Å². The maximum absolute atomic E-state index is 10.9. The van der Waals surface area contributed by atoms with E-state index in [1.807, 2.05) is 0 Å². The van der Waals surface area contributed by atoms with E-state index in [9.17, 15) is 4.79 Å². The Balaban J connectivity index is 2.33. The molecule has 3 atom stereocenters. The lowest BCUT2D eigenvalue weighted by molar-refractivity contribution is -0.143. The van der Waals surface area contributed by atoms with Crippen LogP contribution in [0.25, 0.3) is 0 Å². The minimum absolute atomic E-state index is 0.149. The second kappa shape index (κ2) is 6.05. The minimum atomic E-state index is -0.887. The summed E-state index contributed by atoms with van der Waals surface area (Å²) in [7, 11) is 1.51. The van der Waals surface area contributed by atoms with Gasteiger partial charge in [-0.15, -0.1) is 0 Å². The van der Waals surface area contributed by atoms with Crippen LogP contribution in [0.1, 0.15) is 19.8 Å². The van der Waals surface area contributed by atoms with Crippen molar-refractivity contribution in [2.45, 2.75) is 38.0 Å². The summed E-state index contributed by atoms with van der Waals surface area (Å²) in [6.45, 7) is 3.09. The van der Waals surface area contributed by atoms with Crippen LogP contribution in [-0.4, -0.2) is 49.6 Å². The molecule has 2 N–H and O–H groups in total. The highest BCUT2D eigenvalue weighted by atomic mass is 16.5. The Morgan fingerprint density at radius 2 is 2.47 bits per heavy atom. The molecule has 1 aliphatic heterocycles. The van der Waals surface area contributed by atoms with Gasteiger partial charge in [0, 0.05) is 20.3 Å². The summed E-state index contributed by atoms with van der Waals surface area (Å²) in [5.41, 5.74) is 0. The zero-order valence-corrected chi connectivity index (χ0v) is 9.23. The Labute approximate surface area is 89.8 Å². The quantitative estimate of drug-likeness (QED) is 0.667. The molecule has 5 nitrogen and oxygen atoms in total. The number of ether oxygens (including phenoxy) is 2. The maximum Gasteiger partial charge on any atom is 0.323 e. The van der Waals surface area contributed by atoms with Crippen LogP contribution >= 0.6 is 0 Å². The number of hydrogen-bond acceptors (Lipinski definition) is 4. The summed E-state index contributed by atoms with van der Waals surface area (Å²) in [6.07, 6.45) is 1.87. The Kier molecular flexibility index (Phi) is 5.01. The molecule has 1 heterocycles. The van der Waals surface area contributed by atoms with Gasteiger partial charge in [0.15, 0.2) is 0 Å². The predicted molar refractivity (Wildman–Crippen MR) is 54.9 cm³/mol. The van der Waals surface area contributed by atoms with Gasteiger partial charge < -0.3 is 14.6 Å². The molecule has 5 heteroatoms. The van der Waals surface area contributed by atoms with E-state index in [-0.39, 0.29) is 12.2 Å². The zero-order valence-electron chi connectivity index (χ0n) is 9.23. The van der Waals surface area contributed by atoms with E-state index in [0.29, 0.717) is 6.54 Å². The van der Waals surface area contributed by atoms with Gasteiger partial charge in [-0.25, -0.2) is 0 Å². The van der Waals surface area contributed by atoms with Gasteiger partial charge in [0.25, 0.3) is 0 Å². The van der Waals surface area contributed by atoms with Crippen molar-refractivity contribution in [3.8, 4) is 0 Å². The molecule has 88 valence electrons. The topological polar surface area (TPSA) is 67.8 Å². The minimum Gasteiger partial charge on any atom is -0.480 e. The summed E-state index contributed by atoms with van der Waals surface area (Å²) in [4.78, 5) is 10.9. The Morgan fingerprint density at radius 1 is 1.73 bits per heavy atom. The van der Waals surface area contributed by atoms with E-state index in [2.05, 4.69) is 5.32 Å². The number of hydrogen-bond donors (Lipinski definition) is 2. The van der Waals surface area contributed by atoms with Gasteiger partial charge in [0.05, 0.1) is 12.2 Å². The Bertz CT molecular complexity index is 204. The molecule has 0 saturated carbocycles. The fourth-order valence-electron chi connectivity index (χ4n) is 1.65. The first-order valence-electron chi connectivity index (χ1n) is 5.25. The number of carboxylic acid groups (broad SMARTS) is 1. The molecule has 3 unspecified atom stereocenters. The van der Waals surface area contributed by atoms with Crippen molar-refractivity contribution >= 4 is 5.97 Å². The van der Waals surface area contributed by atoms with Gasteiger partial charge in [0.2, 0.25) is 0 Å². The van der Waals surface area contributed by atoms with Crippen LogP contribution in [0.3, 0.4) is 0 Å². The lowest BCUT2D eigenvalue weighted by Gasteiger charge is -2.21. The first-order chi connectivity index (χ1) is 7.15. The molecule has 1 fully saturated rings. The fourth-order valence-corrected chi connectivity index (χ4v) is 1.65. The smallest absolute Gasteiger partial charge is 0.323 e. The van der Waals surface area contributed by atoms with E-state index in [1.54, 1.807) is 6.92 Å². The van der Waals surface area contributed by atoms with Gasteiger partial charge in [-0.05, 0) is 19.8 Å². The van der Waals surface area contributed by atoms with Crippen LogP contribution in [0.4, 0.5) is 0 Å². The van der Waals surface area contributed by atoms with Gasteiger partial charge in [-0.2, -0.15) is 0 Å². The van der Waals surface area contributed by atoms with E-state index >= 15 is 0 Å². The third kappa shape index (κ3) is 3.77. The van der Waals surface area contributed by atoms with Crippen LogP contribution in [0.2, 0.25) is 0 Å². The standard InChI is InChI=1S/C10H19NO4/c1-7(14-2)9(10(12)13)11-6-8-4-3-5-15-8/h7-9,11H,3-6H2,1-2H3,(H,12,13). The van der Waals surface area contributed by atoms with E-state index in [0.717, 1.165) is 19.4 Å². The molecule has 0 aromatic rings. The zero-order chi connectivity index (χ0) is 11.3. The number of carboxylic acids is 1. The predicted octanol–water partition coefficient (Wildman–Crippen LogP) is 0.243. The highest BCUT2D eigenvalue weighted by molar-refractivity contribution is 5.74. The van der Waals surface area contributed by atoms with Crippen molar-refractivity contribution in [2.75, 3.05) is 20.3 Å². The van der Waals surface area contributed by atoms with Gasteiger partial charge in [-0.3, -0.25) is 10.1 Å². The first kappa shape index (κ1) is 12.4. The number of methoxy groups -OCH3 is 1. The summed E-state index contributed by atoms with van der Waals surface area (Å²) in [5, 5.41) is 11.9. The Morgan fingerprint density at radius 3 is 2.93 bits per heavy atom. The molecule has 1 rings (SSSR count). The molecular formula is C10H19NO4. The highest BCUT2D eigenvalue weighted by Gasteiger charge is 2.26. The second-order valence-corrected chi connectivity index (χ2v) is 3.80. The molecule has 0 aromatic heterocycles. The molecule has 15 heavy (non-hydrogen) atoms. The third-order valence-corrected chi connectivity index (χ3v) is 2.70. The average molecular weight is 217 g/mol. The number of rotatable bonds is 6. The molecule has 0 amide bonds. The van der Waals surface area contributed by atoms with E-state index in [1.165, 1.54) is 7.11 Å². The lowest BCUT2D eigenvalue weighted by atomic mass is 10.1. The average Bonchev–Trinajstić information content (AvgIpc) is 2.70. The molecule has 0 aromatic carbocycles. The van der Waals surface area contributed by atoms with Gasteiger partial charge in [0.1, 0.15) is 6.04 Å². The van der Waals surface area contributed by atoms with E-state index in [4.69, 9.17) is 14.6 Å². The van der Waals surface area contributed by atoms with Crippen molar-refractivity contribution in [3.63, 3.8) is 0 Å². The monoisotopic (exact) mass is 217 g/mol. The normalized spacial score (nSPS) is 25.1. The molecule has 0 aliphatic carbocycles. The molecular weight excluding hydrogens is 198 g/mol. The first-order valence-corrected chi connectivity index (χ1v) is 5.25. The summed E-state index contributed by atoms with van der Waals surface area (Å²) in [5.74, 6) is -0.887. The van der Waals surface area contributed by atoms with Crippen molar-refractivity contribution in [1.29, 1.82) is 0 Å². The summed E-state index contributed by atoms with van der Waals surface area (Å²) >= 11 is 0. The summed E-state index contributed by atoms with van der Waals surface area (Å²) < 4.78 is 10.4. The van der Waals surface area contributed by atoms with Crippen molar-refractivity contribution < 1.29 is 19.4 Å². The largest absolute Gasteiger partial charge is 0.480 e. The van der Waals surface area contributed by atoms with Crippen LogP contribution in [0.15, 0.2) is 0 Å². The van der Waals surface area contributed by atoms with Gasteiger partial charge >= 0.3 is 5.97 Å². The van der Waals surface area contributed by atoms with Crippen LogP contribution in [0, 0.1) is 0 Å². The highest BCUT2D eigenvalue weighted by Crippen LogP contribution is 2.11. The number of carbonyl (C=O) groups is 1. The summed E-state index contributed by atoms with van der Waals surface area (Å²) in [6, 6.07) is -0.667. The van der Waals surface area contributed by atoms with Crippen LogP contribution < -0.4 is 5.32 Å². The maximum atomic E-state index is 10.9. The number of nitrogens with one attached hydrogen (secondary N) is 1. The van der Waals surface area contributed by atoms with Crippen molar-refractivity contribution in [2.24, 2.45) is 0 Å². The molecule has 0 radical (unpaired) electrons. The molecule has 1 saturated heterocycles. The molecule has 0 spiro atoms. The third-order valence-electron chi connectivity index (χ3n) is 2.70.